The fourth-order valence-corrected chi connectivity index (χ4v) is 3.93. The molecule has 4 nitrogen and oxygen atoms in total. The first kappa shape index (κ1) is 36.6. The minimum absolute atomic E-state index is 0.577. The highest BCUT2D eigenvalue weighted by Gasteiger charge is 2.08. The second kappa shape index (κ2) is 22.6. The second-order valence-corrected chi connectivity index (χ2v) is 10.5. The van der Waals surface area contributed by atoms with Crippen molar-refractivity contribution in [3.8, 4) is 23.0 Å². The Morgan fingerprint density at radius 2 is 0.542 bits per heavy atom. The number of ether oxygens (including phenoxy) is 4. The van der Waals surface area contributed by atoms with Crippen LogP contribution >= 0.6 is 0 Å². The summed E-state index contributed by atoms with van der Waals surface area (Å²) in [5, 5.41) is 2.61. The molecular weight excluding hydrogens is 592 g/mol. The predicted molar refractivity (Wildman–Crippen MR) is 189 cm³/mol. The Morgan fingerprint density at radius 1 is 0.333 bits per heavy atom. The Labute approximate surface area is 283 Å². The van der Waals surface area contributed by atoms with Crippen molar-refractivity contribution in [2.75, 3.05) is 26.4 Å². The van der Waals surface area contributed by atoms with Gasteiger partial charge in [-0.1, -0.05) is 76.3 Å². The van der Waals surface area contributed by atoms with Gasteiger partial charge in [0.25, 0.3) is 0 Å². The lowest BCUT2D eigenvalue weighted by atomic mass is 10.2. The fourth-order valence-electron chi connectivity index (χ4n) is 3.93. The normalized spacial score (nSPS) is 10.2. The van der Waals surface area contributed by atoms with E-state index in [4.69, 9.17) is 18.9 Å². The van der Waals surface area contributed by atoms with Crippen molar-refractivity contribution in [3.63, 3.8) is 0 Å². The van der Waals surface area contributed by atoms with Gasteiger partial charge in [-0.15, -0.1) is 0 Å². The molecule has 0 fully saturated rings. The molecule has 0 saturated heterocycles. The molecule has 0 spiro atoms. The zero-order valence-corrected chi connectivity index (χ0v) is 28.4. The third kappa shape index (κ3) is 13.2. The Morgan fingerprint density at radius 3 is 0.750 bits per heavy atom. The lowest BCUT2D eigenvalue weighted by molar-refractivity contribution is 0.261. The average Bonchev–Trinajstić information content (AvgIpc) is 3.09. The zero-order chi connectivity index (χ0) is 34.1. The van der Waals surface area contributed by atoms with Gasteiger partial charge in [-0.2, -0.15) is 0 Å². The van der Waals surface area contributed by atoms with Gasteiger partial charge in [0.15, 0.2) is 23.0 Å². The third-order valence-corrected chi connectivity index (χ3v) is 6.60. The quantitative estimate of drug-likeness (QED) is 0.132. The van der Waals surface area contributed by atoms with E-state index in [1.54, 1.807) is 0 Å². The van der Waals surface area contributed by atoms with Crippen LogP contribution in [0.15, 0.2) is 93.0 Å². The number of benzene rings is 2. The minimum atomic E-state index is 0.577. The summed E-state index contributed by atoms with van der Waals surface area (Å²) < 4.78 is 24.2. The van der Waals surface area contributed by atoms with Crippen LogP contribution in [0.5, 0.6) is 23.0 Å². The summed E-state index contributed by atoms with van der Waals surface area (Å²) in [7, 11) is 0. The summed E-state index contributed by atoms with van der Waals surface area (Å²) in [6.45, 7) is 10.8. The van der Waals surface area contributed by atoms with Crippen LogP contribution in [0.3, 0.4) is 0 Å². The van der Waals surface area contributed by atoms with E-state index in [0.29, 0.717) is 70.3 Å². The van der Waals surface area contributed by atoms with Crippen LogP contribution in [0.4, 0.5) is 0 Å². The Kier molecular flexibility index (Phi) is 17.2. The Hall–Kier alpha value is -5.88. The number of hydrogen-bond acceptors (Lipinski definition) is 4. The van der Waals surface area contributed by atoms with Gasteiger partial charge >= 0.3 is 0 Å². The van der Waals surface area contributed by atoms with E-state index in [9.17, 15) is 0 Å². The van der Waals surface area contributed by atoms with Gasteiger partial charge in [0.2, 0.25) is 0 Å². The molecule has 240 valence electrons. The van der Waals surface area contributed by atoms with Gasteiger partial charge < -0.3 is 18.9 Å². The van der Waals surface area contributed by atoms with Crippen molar-refractivity contribution >= 4 is 22.9 Å². The van der Waals surface area contributed by atoms with Crippen molar-refractivity contribution in [2.45, 2.75) is 79.1 Å². The zero-order valence-electron chi connectivity index (χ0n) is 28.4. The molecule has 0 radical (unpaired) electrons. The summed E-state index contributed by atoms with van der Waals surface area (Å²) in [5.41, 5.74) is 46.0. The second-order valence-electron chi connectivity index (χ2n) is 10.5. The van der Waals surface area contributed by atoms with Crippen molar-refractivity contribution < 1.29 is 18.9 Å². The van der Waals surface area contributed by atoms with Crippen molar-refractivity contribution in [1.29, 1.82) is 0 Å². The molecule has 1 aliphatic rings. The fraction of sp³-hybridized carbons (Fsp3) is 0.364. The van der Waals surface area contributed by atoms with Gasteiger partial charge in [-0.3, -0.25) is 0 Å². The van der Waals surface area contributed by atoms with E-state index >= 15 is 0 Å². The maximum atomic E-state index is 6.06. The average molecular weight is 633 g/mol. The highest BCUT2D eigenvalue weighted by atomic mass is 16.5. The molecule has 0 unspecified atom stereocenters. The maximum absolute atomic E-state index is 6.06. The van der Waals surface area contributed by atoms with Crippen LogP contribution in [-0.2, 0) is 0 Å². The molecule has 0 saturated carbocycles. The molecule has 0 atom stereocenters. The summed E-state index contributed by atoms with van der Waals surface area (Å²) in [6, 6.07) is 7.39. The highest BCUT2D eigenvalue weighted by Crippen LogP contribution is 2.25. The molecule has 2 aromatic carbocycles. The first-order valence-corrected chi connectivity index (χ1v) is 16.6. The SMILES string of the molecule is CCCCOc1cc2c(cc1OCCCC)=C=C=C=C=C=C=C=C=c1cc(OCCCC)c(OCCCC)cc1=C=C=C=C=C=C=C=C=2. The summed E-state index contributed by atoms with van der Waals surface area (Å²) in [6.07, 6.45) is 7.80. The number of hydrogen-bond donors (Lipinski definition) is 0. The first-order chi connectivity index (χ1) is 23.7. The first-order valence-electron chi connectivity index (χ1n) is 16.6. The monoisotopic (exact) mass is 632 g/mol. The molecule has 0 bridgehead atoms. The third-order valence-electron chi connectivity index (χ3n) is 6.60. The maximum Gasteiger partial charge on any atom is 0.162 e. The van der Waals surface area contributed by atoms with Crippen LogP contribution in [0.1, 0.15) is 79.1 Å². The smallest absolute Gasteiger partial charge is 0.162 e. The van der Waals surface area contributed by atoms with E-state index in [1.807, 2.05) is 24.3 Å². The standard InChI is InChI=1S/C44H40O4/c1-5-9-29-45-41-33-37-25-21-17-13-14-19-23-27-39-35-43(47-31-11-7-3)44(48-32-12-8-4)36-40(39)28-24-20-16-15-18-22-26-38(37)34-42(41)46-30-10-6-2/h33-36H,5-12,29-32H2,1-4H3. The van der Waals surface area contributed by atoms with Crippen LogP contribution in [0.2, 0.25) is 0 Å². The van der Waals surface area contributed by atoms with Gasteiger partial charge in [0, 0.05) is 45.1 Å². The molecule has 0 heterocycles. The number of rotatable bonds is 16. The summed E-state index contributed by atoms with van der Waals surface area (Å²) in [4.78, 5) is 0. The lowest BCUT2D eigenvalue weighted by Crippen LogP contribution is -2.23. The topological polar surface area (TPSA) is 36.9 Å². The molecule has 0 N–H and O–H groups in total. The Balaban J connectivity index is 2.41. The van der Waals surface area contributed by atoms with Crippen molar-refractivity contribution in [3.05, 3.63) is 114 Å². The molecule has 1 aliphatic carbocycles. The minimum Gasteiger partial charge on any atom is -0.490 e. The number of unbranched alkanes of at least 4 members (excludes halogenated alkanes) is 4. The molecule has 2 aromatic rings. The van der Waals surface area contributed by atoms with Crippen molar-refractivity contribution in [1.82, 2.24) is 0 Å². The van der Waals surface area contributed by atoms with E-state index in [0.717, 1.165) is 51.4 Å². The van der Waals surface area contributed by atoms with Gasteiger partial charge in [-0.25, -0.2) is 0 Å². The van der Waals surface area contributed by atoms with Crippen LogP contribution in [-0.4, -0.2) is 26.4 Å². The van der Waals surface area contributed by atoms with Gasteiger partial charge in [-0.05, 0) is 94.5 Å². The lowest BCUT2D eigenvalue weighted by Gasteiger charge is -2.12. The van der Waals surface area contributed by atoms with Crippen LogP contribution < -0.4 is 39.8 Å². The molecule has 3 rings (SSSR count). The highest BCUT2D eigenvalue weighted by molar-refractivity contribution is 5.46. The van der Waals surface area contributed by atoms with Gasteiger partial charge in [0.05, 0.1) is 26.4 Å². The van der Waals surface area contributed by atoms with Gasteiger partial charge in [0.1, 0.15) is 0 Å². The van der Waals surface area contributed by atoms with Crippen LogP contribution in [0, 0.1) is 0 Å². The molecule has 4 heteroatoms. The van der Waals surface area contributed by atoms with E-state index in [2.05, 4.69) is 119 Å². The Bertz CT molecular complexity index is 1930. The molecule has 0 amide bonds. The van der Waals surface area contributed by atoms with Crippen LogP contribution in [0.25, 0.3) is 22.9 Å². The van der Waals surface area contributed by atoms with E-state index in [1.165, 1.54) is 0 Å². The van der Waals surface area contributed by atoms with Crippen molar-refractivity contribution in [2.24, 2.45) is 0 Å². The number of fused-ring (bicyclic) bond motifs is 2. The predicted octanol–water partition coefficient (Wildman–Crippen LogP) is 6.61. The van der Waals surface area contributed by atoms with E-state index < -0.39 is 0 Å². The summed E-state index contributed by atoms with van der Waals surface area (Å²) in [5.74, 6) is 2.50. The molecular formula is C44H40O4. The largest absolute Gasteiger partial charge is 0.490 e. The molecule has 48 heavy (non-hydrogen) atoms. The van der Waals surface area contributed by atoms with E-state index in [-0.39, 0.29) is 0 Å². The molecule has 0 aromatic heterocycles. The molecule has 0 aliphatic heterocycles. The summed E-state index contributed by atoms with van der Waals surface area (Å²) >= 11 is 0.